The Morgan fingerprint density at radius 3 is 2.78 bits per heavy atom. The van der Waals surface area contributed by atoms with Crippen molar-refractivity contribution in [3.8, 4) is 0 Å². The lowest BCUT2D eigenvalue weighted by Gasteiger charge is -2.14. The van der Waals surface area contributed by atoms with Gasteiger partial charge in [-0.2, -0.15) is 0 Å². The average Bonchev–Trinajstić information content (AvgIpc) is 2.53. The molecule has 0 aliphatic rings. The molecule has 0 aliphatic carbocycles. The van der Waals surface area contributed by atoms with Crippen LogP contribution in [0, 0.1) is 6.92 Å². The van der Waals surface area contributed by atoms with Gasteiger partial charge in [-0.1, -0.05) is 0 Å². The molecule has 2 N–H and O–H groups in total. The van der Waals surface area contributed by atoms with Gasteiger partial charge in [-0.25, -0.2) is 18.4 Å². The van der Waals surface area contributed by atoms with Crippen molar-refractivity contribution in [2.45, 2.75) is 19.9 Å². The summed E-state index contributed by atoms with van der Waals surface area (Å²) in [5, 5.41) is 0. The maximum absolute atomic E-state index is 11.4. The Balaban J connectivity index is 2.57. The Hall–Kier alpha value is -1.63. The molecule has 6 nitrogen and oxygen atoms in total. The van der Waals surface area contributed by atoms with Crippen LogP contribution in [0.25, 0.3) is 11.2 Å². The second kappa shape index (κ2) is 4.24. The van der Waals surface area contributed by atoms with E-state index in [-0.39, 0.29) is 11.8 Å². The lowest BCUT2D eigenvalue weighted by atomic mass is 10.3. The smallest absolute Gasteiger partial charge is 0.202 e. The van der Waals surface area contributed by atoms with Crippen LogP contribution in [0.4, 0.5) is 5.95 Å². The predicted molar refractivity (Wildman–Crippen MR) is 71.1 cm³/mol. The molecule has 18 heavy (non-hydrogen) atoms. The van der Waals surface area contributed by atoms with Crippen molar-refractivity contribution in [2.75, 3.05) is 17.7 Å². The fourth-order valence-corrected chi connectivity index (χ4v) is 3.10. The lowest BCUT2D eigenvalue weighted by Crippen LogP contribution is -2.18. The molecule has 2 aromatic heterocycles. The number of imidazole rings is 1. The van der Waals surface area contributed by atoms with Crippen LogP contribution in [0.2, 0.25) is 0 Å². The molecule has 0 spiro atoms. The molecule has 2 aromatic rings. The van der Waals surface area contributed by atoms with E-state index in [9.17, 15) is 8.42 Å². The Bertz CT molecular complexity index is 690. The zero-order valence-corrected chi connectivity index (χ0v) is 11.4. The van der Waals surface area contributed by atoms with Crippen LogP contribution in [0.15, 0.2) is 12.3 Å². The summed E-state index contributed by atoms with van der Waals surface area (Å²) in [6, 6.07) is 1.56. The molecule has 0 amide bonds. The minimum Gasteiger partial charge on any atom is -0.369 e. The highest BCUT2D eigenvalue weighted by Gasteiger charge is 2.19. The zero-order valence-electron chi connectivity index (χ0n) is 10.6. The number of fused-ring (bicyclic) bond motifs is 1. The summed E-state index contributed by atoms with van der Waals surface area (Å²) in [4.78, 5) is 8.49. The Labute approximate surface area is 106 Å². The van der Waals surface area contributed by atoms with E-state index in [0.29, 0.717) is 11.6 Å². The fraction of sp³-hybridized carbons (Fsp3) is 0.455. The zero-order chi connectivity index (χ0) is 13.5. The van der Waals surface area contributed by atoms with E-state index < -0.39 is 9.84 Å². The van der Waals surface area contributed by atoms with Gasteiger partial charge in [0.2, 0.25) is 5.95 Å². The summed E-state index contributed by atoms with van der Waals surface area (Å²) in [6.07, 6.45) is 2.87. The van der Waals surface area contributed by atoms with E-state index in [1.54, 1.807) is 17.7 Å². The number of aromatic nitrogens is 3. The van der Waals surface area contributed by atoms with E-state index in [4.69, 9.17) is 5.73 Å². The molecule has 1 atom stereocenters. The van der Waals surface area contributed by atoms with Gasteiger partial charge in [0.1, 0.15) is 15.4 Å². The number of nitrogen functional groups attached to an aromatic ring is 1. The van der Waals surface area contributed by atoms with Gasteiger partial charge in [-0.05, 0) is 25.5 Å². The molecule has 7 heteroatoms. The van der Waals surface area contributed by atoms with Crippen LogP contribution < -0.4 is 5.73 Å². The van der Waals surface area contributed by atoms with Crippen LogP contribution in [0.5, 0.6) is 0 Å². The van der Waals surface area contributed by atoms with Gasteiger partial charge in [0, 0.05) is 18.5 Å². The third-order valence-corrected chi connectivity index (χ3v) is 3.88. The summed E-state index contributed by atoms with van der Waals surface area (Å²) >= 11 is 0. The molecule has 1 unspecified atom stereocenters. The summed E-state index contributed by atoms with van der Waals surface area (Å²) in [7, 11) is -3.08. The number of pyridine rings is 1. The predicted octanol–water partition coefficient (Wildman–Crippen LogP) is 0.928. The first-order valence-electron chi connectivity index (χ1n) is 5.56. The molecular weight excluding hydrogens is 252 g/mol. The van der Waals surface area contributed by atoms with Crippen LogP contribution in [0.3, 0.4) is 0 Å². The van der Waals surface area contributed by atoms with Gasteiger partial charge in [-0.15, -0.1) is 0 Å². The lowest BCUT2D eigenvalue weighted by molar-refractivity contribution is 0.570. The standard InChI is InChI=1S/C11H16N4O2S/c1-7-4-5-13-10-9(7)14-11(12)15(10)8(2)6-18(3,16)17/h4-5,8H,6H2,1-3H3,(H2,12,14). The maximum atomic E-state index is 11.4. The first-order chi connectivity index (χ1) is 8.29. The molecule has 0 saturated carbocycles. The van der Waals surface area contributed by atoms with E-state index in [1.807, 2.05) is 13.0 Å². The third kappa shape index (κ3) is 2.31. The number of nitrogens with zero attached hydrogens (tertiary/aromatic N) is 3. The van der Waals surface area contributed by atoms with Gasteiger partial charge in [-0.3, -0.25) is 4.57 Å². The topological polar surface area (TPSA) is 90.9 Å². The van der Waals surface area contributed by atoms with E-state index >= 15 is 0 Å². The van der Waals surface area contributed by atoms with Crippen molar-refractivity contribution in [3.05, 3.63) is 17.8 Å². The molecule has 0 aliphatic heterocycles. The fourth-order valence-electron chi connectivity index (χ4n) is 2.07. The number of sulfone groups is 1. The summed E-state index contributed by atoms with van der Waals surface area (Å²) < 4.78 is 24.4. The minimum atomic E-state index is -3.08. The van der Waals surface area contributed by atoms with Crippen LogP contribution >= 0.6 is 0 Å². The van der Waals surface area contributed by atoms with Crippen LogP contribution in [-0.2, 0) is 9.84 Å². The summed E-state index contributed by atoms with van der Waals surface area (Å²) in [5.74, 6) is 0.307. The second-order valence-electron chi connectivity index (χ2n) is 4.58. The summed E-state index contributed by atoms with van der Waals surface area (Å²) in [5.41, 5.74) is 8.17. The van der Waals surface area contributed by atoms with Crippen molar-refractivity contribution in [2.24, 2.45) is 0 Å². The van der Waals surface area contributed by atoms with Crippen molar-refractivity contribution in [1.29, 1.82) is 0 Å². The Morgan fingerprint density at radius 1 is 1.50 bits per heavy atom. The highest BCUT2D eigenvalue weighted by Crippen LogP contribution is 2.23. The molecule has 2 rings (SSSR count). The number of anilines is 1. The van der Waals surface area contributed by atoms with E-state index in [1.165, 1.54) is 6.26 Å². The normalized spacial score (nSPS) is 13.9. The van der Waals surface area contributed by atoms with Gasteiger partial charge in [0.25, 0.3) is 0 Å². The highest BCUT2D eigenvalue weighted by molar-refractivity contribution is 7.90. The van der Waals surface area contributed by atoms with Gasteiger partial charge >= 0.3 is 0 Å². The highest BCUT2D eigenvalue weighted by atomic mass is 32.2. The SMILES string of the molecule is Cc1ccnc2c1nc(N)n2C(C)CS(C)(=O)=O. The number of hydrogen-bond donors (Lipinski definition) is 1. The van der Waals surface area contributed by atoms with Crippen molar-refractivity contribution < 1.29 is 8.42 Å². The molecule has 0 aromatic carbocycles. The van der Waals surface area contributed by atoms with E-state index in [0.717, 1.165) is 11.1 Å². The van der Waals surface area contributed by atoms with Gasteiger partial charge < -0.3 is 5.73 Å². The molecule has 0 radical (unpaired) electrons. The second-order valence-corrected chi connectivity index (χ2v) is 6.77. The largest absolute Gasteiger partial charge is 0.369 e. The quantitative estimate of drug-likeness (QED) is 0.894. The average molecular weight is 268 g/mol. The molecule has 0 bridgehead atoms. The van der Waals surface area contributed by atoms with E-state index in [2.05, 4.69) is 9.97 Å². The van der Waals surface area contributed by atoms with Crippen molar-refractivity contribution >= 4 is 26.9 Å². The first kappa shape index (κ1) is 12.8. The van der Waals surface area contributed by atoms with Gasteiger partial charge in [0.15, 0.2) is 5.65 Å². The number of hydrogen-bond acceptors (Lipinski definition) is 5. The molecular formula is C11H16N4O2S. The van der Waals surface area contributed by atoms with Crippen molar-refractivity contribution in [1.82, 2.24) is 14.5 Å². The minimum absolute atomic E-state index is 0.0122. The molecule has 2 heterocycles. The monoisotopic (exact) mass is 268 g/mol. The Kier molecular flexibility index (Phi) is 3.02. The number of aryl methyl sites for hydroxylation is 1. The third-order valence-electron chi connectivity index (χ3n) is 2.79. The molecule has 98 valence electrons. The van der Waals surface area contributed by atoms with Crippen molar-refractivity contribution in [3.63, 3.8) is 0 Å². The number of nitrogens with two attached hydrogens (primary N) is 1. The molecule has 0 fully saturated rings. The first-order valence-corrected chi connectivity index (χ1v) is 7.62. The molecule has 0 saturated heterocycles. The summed E-state index contributed by atoms with van der Waals surface area (Å²) in [6.45, 7) is 3.71. The Morgan fingerprint density at radius 2 is 2.17 bits per heavy atom. The van der Waals surface area contributed by atoms with Crippen LogP contribution in [-0.4, -0.2) is 35.0 Å². The number of rotatable bonds is 3. The maximum Gasteiger partial charge on any atom is 0.202 e. The van der Waals surface area contributed by atoms with Gasteiger partial charge in [0.05, 0.1) is 5.75 Å². The van der Waals surface area contributed by atoms with Crippen LogP contribution in [0.1, 0.15) is 18.5 Å².